The van der Waals surface area contributed by atoms with Crippen molar-refractivity contribution < 1.29 is 9.53 Å². The fourth-order valence-corrected chi connectivity index (χ4v) is 5.12. The van der Waals surface area contributed by atoms with Crippen molar-refractivity contribution in [1.29, 1.82) is 0 Å². The van der Waals surface area contributed by atoms with Gasteiger partial charge in [-0.05, 0) is 69.9 Å². The number of ether oxygens (including phenoxy) is 1. The summed E-state index contributed by atoms with van der Waals surface area (Å²) in [5.74, 6) is 0. The third-order valence-corrected chi connectivity index (χ3v) is 6.92. The van der Waals surface area contributed by atoms with Gasteiger partial charge in [0.1, 0.15) is 5.60 Å². The Balaban J connectivity index is 1.30. The average Bonchev–Trinajstić information content (AvgIpc) is 2.80. The number of aromatic amines is 1. The Morgan fingerprint density at radius 3 is 2.47 bits per heavy atom. The van der Waals surface area contributed by atoms with Gasteiger partial charge in [0.15, 0.2) is 0 Å². The molecule has 2 aromatic carbocycles. The van der Waals surface area contributed by atoms with Crippen LogP contribution in [0.3, 0.4) is 0 Å². The summed E-state index contributed by atoms with van der Waals surface area (Å²) in [6, 6.07) is 18.2. The lowest BCUT2D eigenvalue weighted by Gasteiger charge is -2.46. The Morgan fingerprint density at radius 2 is 1.78 bits per heavy atom. The molecule has 1 atom stereocenters. The van der Waals surface area contributed by atoms with Crippen molar-refractivity contribution >= 4 is 16.9 Å². The van der Waals surface area contributed by atoms with Gasteiger partial charge in [-0.3, -0.25) is 4.79 Å². The van der Waals surface area contributed by atoms with Crippen LogP contribution >= 0.6 is 0 Å². The Kier molecular flexibility index (Phi) is 7.79. The van der Waals surface area contributed by atoms with Gasteiger partial charge in [0.05, 0.1) is 11.1 Å². The van der Waals surface area contributed by atoms with Crippen molar-refractivity contribution in [3.63, 3.8) is 0 Å². The first kappa shape index (κ1) is 25.9. The summed E-state index contributed by atoms with van der Waals surface area (Å²) in [7, 11) is 0. The van der Waals surface area contributed by atoms with E-state index in [9.17, 15) is 9.59 Å². The number of rotatable bonds is 9. The quantitative estimate of drug-likeness (QED) is 0.402. The van der Waals surface area contributed by atoms with Gasteiger partial charge in [-0.2, -0.15) is 5.10 Å². The number of aryl methyl sites for hydroxylation is 1. The zero-order valence-electron chi connectivity index (χ0n) is 21.8. The van der Waals surface area contributed by atoms with E-state index in [0.29, 0.717) is 18.0 Å². The van der Waals surface area contributed by atoms with E-state index in [0.717, 1.165) is 43.2 Å². The van der Waals surface area contributed by atoms with Crippen molar-refractivity contribution in [3.05, 3.63) is 76.2 Å². The fraction of sp³-hybridized carbons (Fsp3) is 0.483. The van der Waals surface area contributed by atoms with Crippen molar-refractivity contribution in [1.82, 2.24) is 20.8 Å². The molecule has 1 aliphatic carbocycles. The van der Waals surface area contributed by atoms with E-state index in [4.69, 9.17) is 4.74 Å². The monoisotopic (exact) mass is 490 g/mol. The second kappa shape index (κ2) is 10.8. The van der Waals surface area contributed by atoms with Crippen LogP contribution in [0.2, 0.25) is 0 Å². The number of hydrogen-bond donors (Lipinski definition) is 3. The topological polar surface area (TPSA) is 96.1 Å². The highest BCUT2D eigenvalue weighted by Crippen LogP contribution is 2.44. The highest BCUT2D eigenvalue weighted by Gasteiger charge is 2.39. The van der Waals surface area contributed by atoms with E-state index in [1.54, 1.807) is 0 Å². The van der Waals surface area contributed by atoms with E-state index in [2.05, 4.69) is 39.9 Å². The van der Waals surface area contributed by atoms with Crippen molar-refractivity contribution in [2.75, 3.05) is 6.54 Å². The number of carbonyl (C=O) groups is 1. The molecule has 1 aliphatic rings. The molecule has 7 nitrogen and oxygen atoms in total. The molecule has 7 heteroatoms. The SMILES string of the molecule is CC1(CCc2n[nH]c(=O)c3ccccc23)CC(NC[C@H](Cc2ccccc2)NC(=O)OC(C)(C)C)C1. The van der Waals surface area contributed by atoms with Gasteiger partial charge < -0.3 is 15.4 Å². The Hall–Kier alpha value is -3.19. The minimum atomic E-state index is -0.531. The molecule has 0 radical (unpaired) electrons. The second-order valence-electron chi connectivity index (χ2n) is 11.4. The van der Waals surface area contributed by atoms with E-state index < -0.39 is 5.60 Å². The maximum absolute atomic E-state index is 12.4. The number of nitrogens with zero attached hydrogens (tertiary/aromatic N) is 1. The van der Waals surface area contributed by atoms with E-state index >= 15 is 0 Å². The number of amides is 1. The number of H-pyrrole nitrogens is 1. The molecule has 1 heterocycles. The number of benzene rings is 2. The van der Waals surface area contributed by atoms with E-state index in [1.165, 1.54) is 5.56 Å². The number of alkyl carbamates (subject to hydrolysis) is 1. The van der Waals surface area contributed by atoms with Crippen LogP contribution in [0.15, 0.2) is 59.4 Å². The van der Waals surface area contributed by atoms with E-state index in [-0.39, 0.29) is 23.1 Å². The van der Waals surface area contributed by atoms with Crippen LogP contribution in [0.4, 0.5) is 4.79 Å². The molecule has 3 N–H and O–H groups in total. The molecule has 1 fully saturated rings. The fourth-order valence-electron chi connectivity index (χ4n) is 5.12. The van der Waals surface area contributed by atoms with Crippen molar-refractivity contribution in [2.45, 2.75) is 77.5 Å². The van der Waals surface area contributed by atoms with Crippen molar-refractivity contribution in [3.8, 4) is 0 Å². The first-order chi connectivity index (χ1) is 17.1. The van der Waals surface area contributed by atoms with Crippen LogP contribution in [-0.2, 0) is 17.6 Å². The Morgan fingerprint density at radius 1 is 1.11 bits per heavy atom. The molecule has 36 heavy (non-hydrogen) atoms. The summed E-state index contributed by atoms with van der Waals surface area (Å²) in [4.78, 5) is 24.5. The number of carbonyl (C=O) groups excluding carboxylic acids is 1. The molecule has 192 valence electrons. The average molecular weight is 491 g/mol. The largest absolute Gasteiger partial charge is 0.444 e. The molecular weight excluding hydrogens is 452 g/mol. The van der Waals surface area contributed by atoms with Gasteiger partial charge in [-0.25, -0.2) is 9.89 Å². The highest BCUT2D eigenvalue weighted by molar-refractivity contribution is 5.83. The molecule has 1 aromatic heterocycles. The summed E-state index contributed by atoms with van der Waals surface area (Å²) >= 11 is 0. The number of fused-ring (bicyclic) bond motifs is 1. The molecular formula is C29H38N4O3. The Labute approximate surface area is 213 Å². The first-order valence-electron chi connectivity index (χ1n) is 12.8. The van der Waals surface area contributed by atoms with Gasteiger partial charge >= 0.3 is 6.09 Å². The van der Waals surface area contributed by atoms with Crippen LogP contribution in [0.5, 0.6) is 0 Å². The minimum Gasteiger partial charge on any atom is -0.444 e. The summed E-state index contributed by atoms with van der Waals surface area (Å²) in [5.41, 5.74) is 1.69. The zero-order valence-corrected chi connectivity index (χ0v) is 21.8. The summed E-state index contributed by atoms with van der Waals surface area (Å²) < 4.78 is 5.49. The Bertz CT molecular complexity index is 1230. The van der Waals surface area contributed by atoms with Gasteiger partial charge in [0, 0.05) is 24.0 Å². The lowest BCUT2D eigenvalue weighted by atomic mass is 9.64. The minimum absolute atomic E-state index is 0.0641. The molecule has 1 saturated carbocycles. The number of nitrogens with one attached hydrogen (secondary N) is 3. The third kappa shape index (κ3) is 6.94. The van der Waals surface area contributed by atoms with Crippen molar-refractivity contribution in [2.24, 2.45) is 5.41 Å². The third-order valence-electron chi connectivity index (χ3n) is 6.92. The maximum Gasteiger partial charge on any atom is 0.407 e. The van der Waals surface area contributed by atoms with Crippen LogP contribution in [0, 0.1) is 5.41 Å². The molecule has 1 amide bonds. The van der Waals surface area contributed by atoms with Crippen LogP contribution in [0.25, 0.3) is 10.8 Å². The number of aromatic nitrogens is 2. The molecule has 0 saturated heterocycles. The molecule has 0 bridgehead atoms. The zero-order chi connectivity index (χ0) is 25.8. The maximum atomic E-state index is 12.4. The summed E-state index contributed by atoms with van der Waals surface area (Å²) in [5, 5.41) is 15.3. The second-order valence-corrected chi connectivity index (χ2v) is 11.4. The molecule has 0 unspecified atom stereocenters. The van der Waals surface area contributed by atoms with Crippen LogP contribution < -0.4 is 16.2 Å². The molecule has 3 aromatic rings. The highest BCUT2D eigenvalue weighted by atomic mass is 16.6. The predicted molar refractivity (Wildman–Crippen MR) is 143 cm³/mol. The molecule has 0 aliphatic heterocycles. The van der Waals surface area contributed by atoms with Crippen LogP contribution in [0.1, 0.15) is 58.2 Å². The first-order valence-corrected chi connectivity index (χ1v) is 12.8. The summed E-state index contributed by atoms with van der Waals surface area (Å²) in [6.45, 7) is 8.62. The van der Waals surface area contributed by atoms with Gasteiger partial charge in [0.25, 0.3) is 5.56 Å². The molecule has 4 rings (SSSR count). The standard InChI is InChI=1S/C29H38N4O3/c1-28(2,3)36-27(35)31-21(16-20-10-6-5-7-11-20)19-30-22-17-29(4,18-22)15-14-25-23-12-8-9-13-24(23)26(34)33-32-25/h5-13,21-22,30H,14-19H2,1-4H3,(H,31,35)(H,33,34)/t21-,22?,29?/m0/s1. The lowest BCUT2D eigenvalue weighted by Crippen LogP contribution is -2.53. The predicted octanol–water partition coefficient (Wildman–Crippen LogP) is 4.75. The smallest absolute Gasteiger partial charge is 0.407 e. The van der Waals surface area contributed by atoms with Gasteiger partial charge in [-0.15, -0.1) is 0 Å². The normalized spacial score (nSPS) is 20.5. The van der Waals surface area contributed by atoms with Gasteiger partial charge in [0.2, 0.25) is 0 Å². The van der Waals surface area contributed by atoms with E-state index in [1.807, 2.05) is 63.2 Å². The molecule has 0 spiro atoms. The number of hydrogen-bond acceptors (Lipinski definition) is 5. The summed E-state index contributed by atoms with van der Waals surface area (Å²) in [6.07, 6.45) is 4.33. The lowest BCUT2D eigenvalue weighted by molar-refractivity contribution is 0.0492. The van der Waals surface area contributed by atoms with Gasteiger partial charge in [-0.1, -0.05) is 55.5 Å². The van der Waals surface area contributed by atoms with Crippen LogP contribution in [-0.4, -0.2) is 40.5 Å².